The Hall–Kier alpha value is -0.0100. The van der Waals surface area contributed by atoms with Crippen LogP contribution in [0.4, 0.5) is 55.9 Å². The van der Waals surface area contributed by atoms with E-state index in [1.807, 2.05) is 4.52 Å². The highest BCUT2D eigenvalue weighted by atomic mass is 31.2. The lowest BCUT2D eigenvalue weighted by Crippen LogP contribution is -2.54. The van der Waals surface area contributed by atoms with Gasteiger partial charge in [0, 0.05) is 0 Å². The molecule has 0 saturated heterocycles. The Bertz CT molecular complexity index is 801. The summed E-state index contributed by atoms with van der Waals surface area (Å²) in [4.78, 5) is 77.2. The minimum absolute atomic E-state index is 1.88. The van der Waals surface area contributed by atoms with Crippen molar-refractivity contribution in [3.63, 3.8) is 0 Å². The van der Waals surface area contributed by atoms with Crippen LogP contribution in [-0.2, 0) is 31.9 Å². The molecule has 0 rings (SSSR count). The molecule has 0 radical (unpaired) electrons. The Labute approximate surface area is 208 Å². The molecule has 0 amide bonds. The van der Waals surface area contributed by atoms with Gasteiger partial charge in [-0.15, -0.1) is 25.2 Å². The van der Waals surface area contributed by atoms with Crippen LogP contribution in [0.2, 0.25) is 0 Å². The van der Waals surface area contributed by atoms with Gasteiger partial charge in [-0.1, -0.05) is 0 Å². The minimum Gasteiger partial charge on any atom is -0.299 e. The Morgan fingerprint density at radius 1 is 0.375 bits per heavy atom. The average molecular weight is 768 g/mol. The summed E-state index contributed by atoms with van der Waals surface area (Å²) in [5.41, 5.74) is 0. The predicted molar refractivity (Wildman–Crippen MR) is 93.7 cm³/mol. The van der Waals surface area contributed by atoms with E-state index in [4.69, 9.17) is 76.7 Å². The molecule has 37 heteroatoms. The summed E-state index contributed by atoms with van der Waals surface area (Å²) in [6, 6.07) is 0. The van der Waals surface area contributed by atoms with Gasteiger partial charge < -0.3 is 0 Å². The molecule has 18 nitrogen and oxygen atoms in total. The van der Waals surface area contributed by atoms with Crippen molar-refractivity contribution in [2.24, 2.45) is 0 Å². The topological polar surface area (TPSA) is 334 Å². The van der Waals surface area contributed by atoms with Gasteiger partial charge in [0.1, 0.15) is 0 Å². The van der Waals surface area contributed by atoms with E-state index in [1.54, 1.807) is 0 Å². The highest BCUT2D eigenvalue weighted by Gasteiger charge is 2.77. The maximum Gasteiger partial charge on any atom is 0.513 e. The number of hydrogen-bond donors (Lipinski definition) is 11. The zero-order chi connectivity index (χ0) is 35.2. The Balaban J connectivity index is -0.0000000962. The van der Waals surface area contributed by atoms with E-state index in [0.717, 1.165) is 0 Å². The molecule has 1 unspecified atom stereocenters. The second-order valence-electron chi connectivity index (χ2n) is 4.50. The molecule has 0 spiro atoms. The molecule has 0 aliphatic heterocycles. The van der Waals surface area contributed by atoms with E-state index in [0.29, 0.717) is 0 Å². The third-order valence-electron chi connectivity index (χ3n) is 0.968. The largest absolute Gasteiger partial charge is 0.513 e. The first-order valence-electron chi connectivity index (χ1n) is 6.52. The van der Waals surface area contributed by atoms with Gasteiger partial charge >= 0.3 is 65.6 Å². The molecular weight excluding hydrogens is 757 g/mol. The van der Waals surface area contributed by atoms with E-state index >= 15 is 0 Å². The highest BCUT2D eigenvalue weighted by molar-refractivity contribution is 7.47. The summed E-state index contributed by atoms with van der Waals surface area (Å²) < 4.78 is 199. The first-order valence-corrected chi connectivity index (χ1v) is 15.5. The lowest BCUT2D eigenvalue weighted by atomic mass is 10.3. The third kappa shape index (κ3) is 90.3. The summed E-state index contributed by atoms with van der Waals surface area (Å²) in [5, 5.41) is 0. The number of hydrogen-bond acceptors (Lipinski definition) is 7. The van der Waals surface area contributed by atoms with Crippen LogP contribution in [0.5, 0.6) is 0 Å². The van der Waals surface area contributed by atoms with Crippen molar-refractivity contribution in [1.29, 1.82) is 0 Å². The lowest BCUT2D eigenvalue weighted by Gasteiger charge is -2.28. The first-order chi connectivity index (χ1) is 16.2. The summed E-state index contributed by atoms with van der Waals surface area (Å²) in [7, 11) is -32.5. The zero-order valence-corrected chi connectivity index (χ0v) is 22.2. The van der Waals surface area contributed by atoms with Gasteiger partial charge in [-0.2, -0.15) is 30.7 Å². The third-order valence-corrected chi connectivity index (χ3v) is 1.44. The van der Waals surface area contributed by atoms with Crippen molar-refractivity contribution >= 4 is 47.4 Å². The Morgan fingerprint density at radius 3 is 0.500 bits per heavy atom. The summed E-state index contributed by atoms with van der Waals surface area (Å²) in [6.07, 6.45) is -13.5. The Kier molecular flexibility index (Phi) is 24.5. The molecule has 0 fully saturated rings. The Morgan fingerprint density at radius 2 is 0.475 bits per heavy atom. The SMILES string of the molecule is O=P(O)(F)OC(F)(C(F)(F)F)C(F)(F)F.O=P(O)(O)F.O=P(O)(O)F.O=P(O)(O)F.O=P(O)(O)F.O=P(O)(O)F. The highest BCUT2D eigenvalue weighted by Crippen LogP contribution is 2.57. The molecule has 11 N–H and O–H groups in total. The molecule has 0 heterocycles. The van der Waals surface area contributed by atoms with Crippen LogP contribution in [-0.4, -0.2) is 72.0 Å². The van der Waals surface area contributed by atoms with Crippen LogP contribution >= 0.6 is 47.4 Å². The van der Waals surface area contributed by atoms with Gasteiger partial charge in [-0.05, 0) is 0 Å². The van der Waals surface area contributed by atoms with E-state index in [9.17, 15) is 60.5 Å². The van der Waals surface area contributed by atoms with Gasteiger partial charge in [0.15, 0.2) is 0 Å². The second-order valence-corrected chi connectivity index (χ2v) is 10.3. The van der Waals surface area contributed by atoms with Crippen LogP contribution in [0.15, 0.2) is 0 Å². The molecule has 0 bridgehead atoms. The van der Waals surface area contributed by atoms with Crippen molar-refractivity contribution in [2.45, 2.75) is 18.2 Å². The summed E-state index contributed by atoms with van der Waals surface area (Å²) in [6.45, 7) is 0. The number of rotatable bonds is 2. The molecule has 0 aromatic carbocycles. The van der Waals surface area contributed by atoms with Gasteiger partial charge in [-0.3, -0.25) is 53.8 Å². The average Bonchev–Trinajstić information content (AvgIpc) is 2.32. The predicted octanol–water partition coefficient (Wildman–Crippen LogP) is 3.11. The molecule has 0 aliphatic carbocycles. The molecular formula is C3H11F13O18P6. The molecule has 0 aromatic rings. The molecule has 40 heavy (non-hydrogen) atoms. The maximum atomic E-state index is 12.3. The van der Waals surface area contributed by atoms with Crippen LogP contribution in [0.3, 0.4) is 0 Å². The van der Waals surface area contributed by atoms with Crippen molar-refractivity contribution in [3.8, 4) is 0 Å². The standard InChI is InChI=1S/C3HF8O3P.5FH2O3P/c4-1(2(5,6)7,3(8,9)10)14-15(11,12)13;5*1-5(2,3)4/h(H,12,13);5*(H2,2,3,4). The quantitative estimate of drug-likeness (QED) is 0.142. The fourth-order valence-electron chi connectivity index (χ4n) is 0.419. The van der Waals surface area contributed by atoms with E-state index in [1.165, 1.54) is 0 Å². The zero-order valence-electron chi connectivity index (χ0n) is 16.9. The monoisotopic (exact) mass is 768 g/mol. The number of alkyl halides is 7. The van der Waals surface area contributed by atoms with E-state index < -0.39 is 65.6 Å². The molecule has 0 aliphatic rings. The van der Waals surface area contributed by atoms with Crippen molar-refractivity contribution in [2.75, 3.05) is 0 Å². The van der Waals surface area contributed by atoms with Crippen LogP contribution in [0, 0.1) is 0 Å². The van der Waals surface area contributed by atoms with E-state index in [-0.39, 0.29) is 0 Å². The second kappa shape index (κ2) is 18.6. The van der Waals surface area contributed by atoms with Gasteiger partial charge in [0.05, 0.1) is 0 Å². The van der Waals surface area contributed by atoms with Crippen LogP contribution < -0.4 is 0 Å². The molecule has 0 aromatic heterocycles. The first kappa shape index (κ1) is 52.6. The smallest absolute Gasteiger partial charge is 0.299 e. The fraction of sp³-hybridized carbons (Fsp3) is 1.00. The maximum absolute atomic E-state index is 12.3. The molecule has 1 atom stereocenters. The van der Waals surface area contributed by atoms with Gasteiger partial charge in [0.25, 0.3) is 0 Å². The van der Waals surface area contributed by atoms with Gasteiger partial charge in [0.2, 0.25) is 0 Å². The summed E-state index contributed by atoms with van der Waals surface area (Å²) in [5.74, 6) is -6.53. The molecule has 252 valence electrons. The van der Waals surface area contributed by atoms with Crippen molar-refractivity contribution in [1.82, 2.24) is 0 Å². The molecule has 0 saturated carbocycles. The van der Waals surface area contributed by atoms with Crippen molar-refractivity contribution < 1.29 is 142 Å². The van der Waals surface area contributed by atoms with Crippen LogP contribution in [0.25, 0.3) is 0 Å². The minimum atomic E-state index is -6.80. The van der Waals surface area contributed by atoms with Crippen LogP contribution in [0.1, 0.15) is 0 Å². The van der Waals surface area contributed by atoms with E-state index in [2.05, 4.69) is 0 Å². The van der Waals surface area contributed by atoms with Gasteiger partial charge in [-0.25, -0.2) is 31.9 Å². The number of halogens is 13. The normalized spacial score (nSPS) is 14.4. The lowest BCUT2D eigenvalue weighted by molar-refractivity contribution is -0.408. The summed E-state index contributed by atoms with van der Waals surface area (Å²) >= 11 is 0. The fourth-order valence-corrected chi connectivity index (χ4v) is 0.937. The van der Waals surface area contributed by atoms with Crippen molar-refractivity contribution in [3.05, 3.63) is 0 Å².